The molecule has 0 aromatic carbocycles. The fourth-order valence-corrected chi connectivity index (χ4v) is 2.44. The van der Waals surface area contributed by atoms with E-state index in [4.69, 9.17) is 10.2 Å². The minimum absolute atomic E-state index is 0.0339. The number of aliphatic hydroxyl groups is 1. The molecule has 0 saturated heterocycles. The number of urea groups is 1. The second-order valence-corrected chi connectivity index (χ2v) is 5.38. The Morgan fingerprint density at radius 1 is 1.42 bits per heavy atom. The molecule has 0 bridgehead atoms. The summed E-state index contributed by atoms with van der Waals surface area (Å²) in [6, 6.07) is -0.211. The lowest BCUT2D eigenvalue weighted by atomic mass is 9.96. The zero-order valence-electron chi connectivity index (χ0n) is 11.6. The van der Waals surface area contributed by atoms with Gasteiger partial charge in [-0.2, -0.15) is 0 Å². The molecule has 3 atom stereocenters. The maximum Gasteiger partial charge on any atom is 0.317 e. The number of aliphatic carboxylic acids is 1. The summed E-state index contributed by atoms with van der Waals surface area (Å²) in [5, 5.41) is 21.0. The normalized spacial score (nSPS) is 23.9. The number of nitrogens with one attached hydrogen (secondary N) is 1. The summed E-state index contributed by atoms with van der Waals surface area (Å²) in [6.45, 7) is 2.58. The number of amides is 2. The number of carbonyl (C=O) groups is 2. The molecule has 0 spiro atoms. The highest BCUT2D eigenvalue weighted by Gasteiger charge is 2.32. The highest BCUT2D eigenvalue weighted by molar-refractivity contribution is 5.74. The van der Waals surface area contributed by atoms with Crippen molar-refractivity contribution in [2.24, 2.45) is 11.8 Å². The van der Waals surface area contributed by atoms with Gasteiger partial charge in [0, 0.05) is 20.1 Å². The second-order valence-electron chi connectivity index (χ2n) is 5.38. The number of hydrogen-bond donors (Lipinski definition) is 3. The van der Waals surface area contributed by atoms with Crippen LogP contribution in [0.5, 0.6) is 0 Å². The van der Waals surface area contributed by atoms with Gasteiger partial charge in [0.05, 0.1) is 12.0 Å². The predicted molar refractivity (Wildman–Crippen MR) is 70.8 cm³/mol. The van der Waals surface area contributed by atoms with Gasteiger partial charge in [-0.25, -0.2) is 4.79 Å². The highest BCUT2D eigenvalue weighted by atomic mass is 16.4. The summed E-state index contributed by atoms with van der Waals surface area (Å²) in [7, 11) is 1.67. The third-order valence-corrected chi connectivity index (χ3v) is 3.72. The molecule has 2 amide bonds. The molecule has 110 valence electrons. The van der Waals surface area contributed by atoms with E-state index in [1.807, 2.05) is 0 Å². The number of nitrogens with zero attached hydrogens (tertiary/aromatic N) is 1. The van der Waals surface area contributed by atoms with Crippen LogP contribution in [0.1, 0.15) is 32.6 Å². The van der Waals surface area contributed by atoms with Crippen molar-refractivity contribution < 1.29 is 19.8 Å². The molecule has 0 aliphatic heterocycles. The van der Waals surface area contributed by atoms with Gasteiger partial charge < -0.3 is 20.4 Å². The molecule has 1 fully saturated rings. The zero-order valence-corrected chi connectivity index (χ0v) is 11.6. The largest absolute Gasteiger partial charge is 0.481 e. The first-order valence-electron chi connectivity index (χ1n) is 6.81. The smallest absolute Gasteiger partial charge is 0.317 e. The van der Waals surface area contributed by atoms with Crippen LogP contribution >= 0.6 is 0 Å². The fraction of sp³-hybridized carbons (Fsp3) is 0.846. The van der Waals surface area contributed by atoms with Crippen molar-refractivity contribution in [1.82, 2.24) is 10.2 Å². The average Bonchev–Trinajstić information content (AvgIpc) is 2.81. The van der Waals surface area contributed by atoms with Gasteiger partial charge in [0.25, 0.3) is 0 Å². The molecule has 3 N–H and O–H groups in total. The lowest BCUT2D eigenvalue weighted by Crippen LogP contribution is -2.41. The van der Waals surface area contributed by atoms with Crippen LogP contribution in [0.15, 0.2) is 0 Å². The lowest BCUT2D eigenvalue weighted by Gasteiger charge is -2.21. The average molecular weight is 272 g/mol. The Morgan fingerprint density at radius 2 is 2.11 bits per heavy atom. The van der Waals surface area contributed by atoms with Crippen molar-refractivity contribution in [2.45, 2.75) is 38.7 Å². The molecular formula is C13H24N2O4. The molecule has 19 heavy (non-hydrogen) atoms. The highest BCUT2D eigenvalue weighted by Crippen LogP contribution is 2.31. The Balaban J connectivity index is 2.31. The molecule has 6 heteroatoms. The van der Waals surface area contributed by atoms with Gasteiger partial charge in [0.15, 0.2) is 0 Å². The van der Waals surface area contributed by atoms with Crippen molar-refractivity contribution in [2.75, 3.05) is 20.1 Å². The SMILES string of the molecule is CC(O)CCN(C)C(=O)NCC1CCCC1C(=O)O. The van der Waals surface area contributed by atoms with Crippen molar-refractivity contribution in [3.8, 4) is 0 Å². The number of carboxylic acids is 1. The molecule has 1 rings (SSSR count). The Hall–Kier alpha value is -1.30. The molecule has 0 radical (unpaired) electrons. The van der Waals surface area contributed by atoms with Gasteiger partial charge in [0.1, 0.15) is 0 Å². The first kappa shape index (κ1) is 15.8. The predicted octanol–water partition coefficient (Wildman–Crippen LogP) is 0.900. The second kappa shape index (κ2) is 7.33. The summed E-state index contributed by atoms with van der Waals surface area (Å²) in [6.07, 6.45) is 2.57. The Kier molecular flexibility index (Phi) is 6.08. The van der Waals surface area contributed by atoms with E-state index in [-0.39, 0.29) is 17.9 Å². The summed E-state index contributed by atoms with van der Waals surface area (Å²) in [4.78, 5) is 24.3. The standard InChI is InChI=1S/C13H24N2O4/c1-9(16)6-7-15(2)13(19)14-8-10-4-3-5-11(10)12(17)18/h9-11,16H,3-8H2,1-2H3,(H,14,19)(H,17,18). The van der Waals surface area contributed by atoms with Crippen LogP contribution in [-0.2, 0) is 4.79 Å². The van der Waals surface area contributed by atoms with E-state index in [0.717, 1.165) is 12.8 Å². The van der Waals surface area contributed by atoms with Crippen LogP contribution in [0.4, 0.5) is 4.79 Å². The number of hydrogen-bond acceptors (Lipinski definition) is 3. The summed E-state index contributed by atoms with van der Waals surface area (Å²) in [5.41, 5.74) is 0. The van der Waals surface area contributed by atoms with Gasteiger partial charge in [0.2, 0.25) is 0 Å². The number of carbonyl (C=O) groups excluding carboxylic acids is 1. The quantitative estimate of drug-likeness (QED) is 0.670. The van der Waals surface area contributed by atoms with E-state index in [0.29, 0.717) is 25.9 Å². The Labute approximate surface area is 113 Å². The van der Waals surface area contributed by atoms with Crippen molar-refractivity contribution >= 4 is 12.0 Å². The van der Waals surface area contributed by atoms with Crippen molar-refractivity contribution in [3.63, 3.8) is 0 Å². The van der Waals surface area contributed by atoms with Gasteiger partial charge in [-0.1, -0.05) is 6.42 Å². The third kappa shape index (κ3) is 5.06. The molecule has 0 heterocycles. The van der Waals surface area contributed by atoms with Gasteiger partial charge in [-0.15, -0.1) is 0 Å². The molecule has 3 unspecified atom stereocenters. The molecule has 1 saturated carbocycles. The maximum atomic E-state index is 11.8. The Bertz CT molecular complexity index is 320. The van der Waals surface area contributed by atoms with Crippen molar-refractivity contribution in [3.05, 3.63) is 0 Å². The minimum Gasteiger partial charge on any atom is -0.481 e. The monoisotopic (exact) mass is 272 g/mol. The Morgan fingerprint density at radius 3 is 2.68 bits per heavy atom. The third-order valence-electron chi connectivity index (χ3n) is 3.72. The van der Waals surface area contributed by atoms with Gasteiger partial charge in [-0.05, 0) is 32.1 Å². The molecule has 1 aliphatic rings. The summed E-state index contributed by atoms with van der Waals surface area (Å²) in [5.74, 6) is -1.06. The van der Waals surface area contributed by atoms with Crippen LogP contribution in [0.2, 0.25) is 0 Å². The summed E-state index contributed by atoms with van der Waals surface area (Å²) >= 11 is 0. The number of rotatable bonds is 6. The molecular weight excluding hydrogens is 248 g/mol. The van der Waals surface area contributed by atoms with E-state index in [9.17, 15) is 9.59 Å². The maximum absolute atomic E-state index is 11.8. The molecule has 1 aliphatic carbocycles. The van der Waals surface area contributed by atoms with Crippen LogP contribution in [0, 0.1) is 11.8 Å². The number of carboxylic acid groups (broad SMARTS) is 1. The topological polar surface area (TPSA) is 89.9 Å². The first-order valence-corrected chi connectivity index (χ1v) is 6.81. The van der Waals surface area contributed by atoms with E-state index in [2.05, 4.69) is 5.32 Å². The zero-order chi connectivity index (χ0) is 14.4. The van der Waals surface area contributed by atoms with E-state index in [1.165, 1.54) is 4.90 Å². The van der Waals surface area contributed by atoms with E-state index < -0.39 is 12.1 Å². The van der Waals surface area contributed by atoms with Crippen LogP contribution < -0.4 is 5.32 Å². The van der Waals surface area contributed by atoms with Crippen LogP contribution in [0.3, 0.4) is 0 Å². The van der Waals surface area contributed by atoms with Gasteiger partial charge >= 0.3 is 12.0 Å². The van der Waals surface area contributed by atoms with Gasteiger partial charge in [-0.3, -0.25) is 4.79 Å². The molecule has 6 nitrogen and oxygen atoms in total. The van der Waals surface area contributed by atoms with Crippen molar-refractivity contribution in [1.29, 1.82) is 0 Å². The first-order chi connectivity index (χ1) is 8.91. The number of aliphatic hydroxyl groups excluding tert-OH is 1. The minimum atomic E-state index is -0.765. The fourth-order valence-electron chi connectivity index (χ4n) is 2.44. The van der Waals surface area contributed by atoms with Crippen LogP contribution in [-0.4, -0.2) is 53.4 Å². The van der Waals surface area contributed by atoms with Crippen LogP contribution in [0.25, 0.3) is 0 Å². The molecule has 0 aromatic heterocycles. The summed E-state index contributed by atoms with van der Waals surface area (Å²) < 4.78 is 0. The lowest BCUT2D eigenvalue weighted by molar-refractivity contribution is -0.142. The molecule has 0 aromatic rings. The van der Waals surface area contributed by atoms with E-state index >= 15 is 0 Å². The van der Waals surface area contributed by atoms with E-state index in [1.54, 1.807) is 14.0 Å².